The number of hydrogen-bond acceptors (Lipinski definition) is 4. The molecule has 1 heterocycles. The van der Waals surface area contributed by atoms with Crippen molar-refractivity contribution in [2.75, 3.05) is 0 Å². The monoisotopic (exact) mass is 210 g/mol. The van der Waals surface area contributed by atoms with Crippen molar-refractivity contribution < 1.29 is 9.63 Å². The average molecular weight is 210 g/mol. The van der Waals surface area contributed by atoms with E-state index >= 15 is 0 Å². The molecule has 1 aromatic rings. The topological polar surface area (TPSA) is 59.2 Å². The minimum atomic E-state index is -0.343. The number of nitrogens with zero attached hydrogens (tertiary/aromatic N) is 2. The van der Waals surface area contributed by atoms with Gasteiger partial charge in [0.05, 0.1) is 12.5 Å². The summed E-state index contributed by atoms with van der Waals surface area (Å²) in [7, 11) is 0. The number of aliphatic hydroxyl groups is 1. The molecule has 0 amide bonds. The second-order valence-electron chi connectivity index (χ2n) is 4.40. The van der Waals surface area contributed by atoms with Crippen LogP contribution in [-0.4, -0.2) is 21.4 Å². The molecule has 1 aromatic heterocycles. The van der Waals surface area contributed by atoms with E-state index in [1.54, 1.807) is 0 Å². The van der Waals surface area contributed by atoms with E-state index in [9.17, 15) is 5.11 Å². The van der Waals surface area contributed by atoms with E-state index in [0.29, 0.717) is 12.3 Å². The van der Waals surface area contributed by atoms with E-state index in [1.165, 1.54) is 12.8 Å². The number of rotatable bonds is 6. The number of hydrogen-bond donors (Lipinski definition) is 1. The smallest absolute Gasteiger partial charge is 0.229 e. The van der Waals surface area contributed by atoms with Crippen molar-refractivity contribution in [1.29, 1.82) is 0 Å². The molecule has 0 radical (unpaired) electrons. The van der Waals surface area contributed by atoms with E-state index in [0.717, 1.165) is 31.0 Å². The summed E-state index contributed by atoms with van der Waals surface area (Å²) in [6, 6.07) is 0. The lowest BCUT2D eigenvalue weighted by molar-refractivity contribution is 0.151. The van der Waals surface area contributed by atoms with Crippen molar-refractivity contribution in [3.05, 3.63) is 11.7 Å². The van der Waals surface area contributed by atoms with Gasteiger partial charge in [-0.15, -0.1) is 0 Å². The highest BCUT2D eigenvalue weighted by molar-refractivity contribution is 4.92. The van der Waals surface area contributed by atoms with Crippen molar-refractivity contribution in [2.24, 2.45) is 5.92 Å². The van der Waals surface area contributed by atoms with Crippen molar-refractivity contribution in [3.8, 4) is 0 Å². The summed E-state index contributed by atoms with van der Waals surface area (Å²) in [6.45, 7) is 2.05. The van der Waals surface area contributed by atoms with E-state index in [2.05, 4.69) is 17.1 Å². The zero-order chi connectivity index (χ0) is 10.7. The Hall–Kier alpha value is -0.900. The van der Waals surface area contributed by atoms with E-state index < -0.39 is 0 Å². The molecule has 1 aliphatic rings. The van der Waals surface area contributed by atoms with Gasteiger partial charge in [-0.05, 0) is 25.2 Å². The third-order valence-corrected chi connectivity index (χ3v) is 2.71. The first-order valence-corrected chi connectivity index (χ1v) is 5.77. The van der Waals surface area contributed by atoms with E-state index in [-0.39, 0.29) is 6.10 Å². The predicted octanol–water partition coefficient (Wildman–Crippen LogP) is 1.73. The number of aliphatic hydroxyl groups excluding tert-OH is 1. The van der Waals surface area contributed by atoms with Crippen LogP contribution in [0.1, 0.15) is 44.3 Å². The fourth-order valence-corrected chi connectivity index (χ4v) is 1.67. The van der Waals surface area contributed by atoms with Gasteiger partial charge < -0.3 is 9.63 Å². The highest BCUT2D eigenvalue weighted by Gasteiger charge is 2.24. The molecule has 1 aliphatic carbocycles. The molecule has 4 nitrogen and oxygen atoms in total. The molecular formula is C11H18N2O2. The zero-order valence-electron chi connectivity index (χ0n) is 9.15. The summed E-state index contributed by atoms with van der Waals surface area (Å²) >= 11 is 0. The molecule has 1 unspecified atom stereocenters. The molecule has 0 aliphatic heterocycles. The molecule has 1 saturated carbocycles. The fraction of sp³-hybridized carbons (Fsp3) is 0.818. The van der Waals surface area contributed by atoms with Gasteiger partial charge in [0.2, 0.25) is 5.89 Å². The molecule has 1 atom stereocenters. The summed E-state index contributed by atoms with van der Waals surface area (Å²) in [4.78, 5) is 4.27. The first-order valence-electron chi connectivity index (χ1n) is 5.77. The summed E-state index contributed by atoms with van der Waals surface area (Å²) in [5, 5.41) is 13.5. The SMILES string of the molecule is CCCC(O)Cc1nc(CC2CC2)no1. The normalized spacial score (nSPS) is 18.0. The maximum Gasteiger partial charge on any atom is 0.229 e. The molecule has 2 rings (SSSR count). The predicted molar refractivity (Wildman–Crippen MR) is 55.3 cm³/mol. The lowest BCUT2D eigenvalue weighted by atomic mass is 10.1. The zero-order valence-corrected chi connectivity index (χ0v) is 9.15. The van der Waals surface area contributed by atoms with Crippen LogP contribution in [0.3, 0.4) is 0 Å². The van der Waals surface area contributed by atoms with Gasteiger partial charge in [-0.25, -0.2) is 0 Å². The van der Waals surface area contributed by atoms with Crippen LogP contribution in [0.5, 0.6) is 0 Å². The molecule has 0 saturated heterocycles. The van der Waals surface area contributed by atoms with Gasteiger partial charge in [0.1, 0.15) is 0 Å². The molecule has 1 fully saturated rings. The highest BCUT2D eigenvalue weighted by Crippen LogP contribution is 2.31. The Balaban J connectivity index is 1.82. The van der Waals surface area contributed by atoms with Gasteiger partial charge in [-0.3, -0.25) is 0 Å². The number of aromatic nitrogens is 2. The summed E-state index contributed by atoms with van der Waals surface area (Å²) in [5.41, 5.74) is 0. The van der Waals surface area contributed by atoms with Gasteiger partial charge >= 0.3 is 0 Å². The standard InChI is InChI=1S/C11H18N2O2/c1-2-3-9(14)7-11-12-10(13-15-11)6-8-4-5-8/h8-9,14H,2-7H2,1H3. The van der Waals surface area contributed by atoms with Crippen LogP contribution in [0.4, 0.5) is 0 Å². The highest BCUT2D eigenvalue weighted by atomic mass is 16.5. The summed E-state index contributed by atoms with van der Waals surface area (Å²) in [5.74, 6) is 2.15. The molecule has 0 aromatic carbocycles. The molecule has 0 bridgehead atoms. The molecule has 15 heavy (non-hydrogen) atoms. The largest absolute Gasteiger partial charge is 0.393 e. The van der Waals surface area contributed by atoms with Crippen LogP contribution in [0.25, 0.3) is 0 Å². The van der Waals surface area contributed by atoms with Crippen molar-refractivity contribution in [1.82, 2.24) is 10.1 Å². The second-order valence-corrected chi connectivity index (χ2v) is 4.40. The van der Waals surface area contributed by atoms with Crippen LogP contribution in [0.2, 0.25) is 0 Å². The summed E-state index contributed by atoms with van der Waals surface area (Å²) in [6.07, 6.45) is 5.44. The van der Waals surface area contributed by atoms with Crippen LogP contribution >= 0.6 is 0 Å². The molecule has 0 spiro atoms. The maximum atomic E-state index is 9.58. The fourth-order valence-electron chi connectivity index (χ4n) is 1.67. The first kappa shape index (κ1) is 10.6. The lowest BCUT2D eigenvalue weighted by Crippen LogP contribution is -2.09. The van der Waals surface area contributed by atoms with Gasteiger partial charge in [-0.1, -0.05) is 18.5 Å². The van der Waals surface area contributed by atoms with E-state index in [4.69, 9.17) is 4.52 Å². The third-order valence-electron chi connectivity index (χ3n) is 2.71. The Labute approximate surface area is 89.7 Å². The molecule has 84 valence electrons. The molecular weight excluding hydrogens is 192 g/mol. The van der Waals surface area contributed by atoms with Crippen molar-refractivity contribution >= 4 is 0 Å². The molecule has 4 heteroatoms. The Kier molecular flexibility index (Phi) is 3.36. The summed E-state index contributed by atoms with van der Waals surface area (Å²) < 4.78 is 5.09. The van der Waals surface area contributed by atoms with Gasteiger partial charge in [-0.2, -0.15) is 4.98 Å². The Morgan fingerprint density at radius 3 is 3.00 bits per heavy atom. The van der Waals surface area contributed by atoms with Gasteiger partial charge in [0.15, 0.2) is 5.82 Å². The minimum Gasteiger partial charge on any atom is -0.393 e. The van der Waals surface area contributed by atoms with E-state index in [1.807, 2.05) is 0 Å². The van der Waals surface area contributed by atoms with Crippen molar-refractivity contribution in [3.63, 3.8) is 0 Å². The Bertz CT molecular complexity index is 307. The van der Waals surface area contributed by atoms with Crippen LogP contribution in [0.15, 0.2) is 4.52 Å². The average Bonchev–Trinajstić information content (AvgIpc) is 2.88. The van der Waals surface area contributed by atoms with Crippen LogP contribution in [-0.2, 0) is 12.8 Å². The second kappa shape index (κ2) is 4.75. The quantitative estimate of drug-likeness (QED) is 0.776. The van der Waals surface area contributed by atoms with Crippen molar-refractivity contribution in [2.45, 2.75) is 51.6 Å². The first-order chi connectivity index (χ1) is 7.28. The van der Waals surface area contributed by atoms with Crippen LogP contribution in [0, 0.1) is 5.92 Å². The minimum absolute atomic E-state index is 0.343. The van der Waals surface area contributed by atoms with Gasteiger partial charge in [0, 0.05) is 6.42 Å². The lowest BCUT2D eigenvalue weighted by Gasteiger charge is -2.03. The third kappa shape index (κ3) is 3.30. The Morgan fingerprint density at radius 2 is 2.33 bits per heavy atom. The van der Waals surface area contributed by atoms with Gasteiger partial charge in [0.25, 0.3) is 0 Å². The maximum absolute atomic E-state index is 9.58. The molecule has 1 N–H and O–H groups in total. The van der Waals surface area contributed by atoms with Crippen LogP contribution < -0.4 is 0 Å². The Morgan fingerprint density at radius 1 is 1.53 bits per heavy atom.